The molecule has 0 aliphatic carbocycles. The third-order valence-electron chi connectivity index (χ3n) is 2.33. The van der Waals surface area contributed by atoms with Gasteiger partial charge < -0.3 is 0 Å². The van der Waals surface area contributed by atoms with Crippen molar-refractivity contribution < 1.29 is 13.2 Å². The van der Waals surface area contributed by atoms with Crippen LogP contribution in [-0.4, -0.2) is 10.2 Å². The predicted molar refractivity (Wildman–Crippen MR) is 58.8 cm³/mol. The number of halogens is 4. The zero-order chi connectivity index (χ0) is 13.3. The van der Waals surface area contributed by atoms with Gasteiger partial charge in [-0.05, 0) is 12.1 Å². The van der Waals surface area contributed by atoms with E-state index in [0.29, 0.717) is 11.3 Å². The summed E-state index contributed by atoms with van der Waals surface area (Å²) in [6.07, 6.45) is -3.17. The van der Waals surface area contributed by atoms with Gasteiger partial charge >= 0.3 is 6.18 Å². The Morgan fingerprint density at radius 2 is 2.06 bits per heavy atom. The van der Waals surface area contributed by atoms with Gasteiger partial charge in [-0.3, -0.25) is 5.10 Å². The Labute approximate surface area is 105 Å². The average molecular weight is 272 g/mol. The van der Waals surface area contributed by atoms with Crippen LogP contribution in [0.25, 0.3) is 11.3 Å². The predicted octanol–water partition coefficient (Wildman–Crippen LogP) is 3.62. The summed E-state index contributed by atoms with van der Waals surface area (Å²) in [5, 5.41) is 14.9. The molecule has 0 bridgehead atoms. The molecule has 0 saturated heterocycles. The van der Waals surface area contributed by atoms with E-state index in [4.69, 9.17) is 16.9 Å². The van der Waals surface area contributed by atoms with Crippen LogP contribution < -0.4 is 0 Å². The molecule has 0 fully saturated rings. The van der Waals surface area contributed by atoms with E-state index >= 15 is 0 Å². The van der Waals surface area contributed by atoms with Gasteiger partial charge in [0.25, 0.3) is 0 Å². The van der Waals surface area contributed by atoms with Crippen molar-refractivity contribution in [3.63, 3.8) is 0 Å². The lowest BCUT2D eigenvalue weighted by Crippen LogP contribution is -2.04. The van der Waals surface area contributed by atoms with Gasteiger partial charge in [-0.25, -0.2) is 0 Å². The molecule has 1 aromatic heterocycles. The normalized spacial score (nSPS) is 11.3. The van der Waals surface area contributed by atoms with Gasteiger partial charge in [0.15, 0.2) is 0 Å². The van der Waals surface area contributed by atoms with Crippen molar-refractivity contribution in [1.29, 1.82) is 5.26 Å². The average Bonchev–Trinajstić information content (AvgIpc) is 2.75. The molecule has 18 heavy (non-hydrogen) atoms. The Morgan fingerprint density at radius 1 is 1.33 bits per heavy atom. The Bertz CT molecular complexity index is 625. The van der Waals surface area contributed by atoms with E-state index in [1.54, 1.807) is 0 Å². The molecule has 2 rings (SSSR count). The van der Waals surface area contributed by atoms with E-state index in [0.717, 1.165) is 12.1 Å². The molecule has 0 aliphatic heterocycles. The molecule has 92 valence electrons. The first-order valence-corrected chi connectivity index (χ1v) is 5.12. The summed E-state index contributed by atoms with van der Waals surface area (Å²) in [5.41, 5.74) is -0.0131. The minimum Gasteiger partial charge on any atom is -0.276 e. The Hall–Kier alpha value is -2.00. The van der Waals surface area contributed by atoms with Gasteiger partial charge in [-0.15, -0.1) is 0 Å². The summed E-state index contributed by atoms with van der Waals surface area (Å²) in [7, 11) is 0. The SMILES string of the molecule is N#Cc1cn[nH]c1-c1ccc(C(F)(F)F)cc1Cl. The standard InChI is InChI=1S/C11H5ClF3N3/c12-9-3-7(11(13,14)15)1-2-8(9)10-6(4-16)5-17-18-10/h1-3,5H,(H,17,18). The van der Waals surface area contributed by atoms with E-state index < -0.39 is 11.7 Å². The Balaban J connectivity index is 2.53. The monoisotopic (exact) mass is 271 g/mol. The molecule has 7 heteroatoms. The van der Waals surface area contributed by atoms with Crippen LogP contribution in [0.3, 0.4) is 0 Å². The van der Waals surface area contributed by atoms with Crippen LogP contribution in [0, 0.1) is 11.3 Å². The zero-order valence-corrected chi connectivity index (χ0v) is 9.47. The number of nitrogens with one attached hydrogen (secondary N) is 1. The lowest BCUT2D eigenvalue weighted by Gasteiger charge is -2.09. The first-order valence-electron chi connectivity index (χ1n) is 4.74. The number of rotatable bonds is 1. The lowest BCUT2D eigenvalue weighted by atomic mass is 10.1. The Morgan fingerprint density at radius 3 is 2.61 bits per heavy atom. The highest BCUT2D eigenvalue weighted by Gasteiger charge is 2.31. The van der Waals surface area contributed by atoms with Crippen molar-refractivity contribution in [3.8, 4) is 17.3 Å². The molecular weight excluding hydrogens is 267 g/mol. The number of H-pyrrole nitrogens is 1. The molecule has 0 saturated carbocycles. The summed E-state index contributed by atoms with van der Waals surface area (Å²) in [6.45, 7) is 0. The van der Waals surface area contributed by atoms with Crippen LogP contribution in [0.4, 0.5) is 13.2 Å². The molecule has 2 aromatic rings. The zero-order valence-electron chi connectivity index (χ0n) is 8.72. The number of hydrogen-bond acceptors (Lipinski definition) is 2. The largest absolute Gasteiger partial charge is 0.416 e. The molecule has 0 atom stereocenters. The van der Waals surface area contributed by atoms with Crippen LogP contribution in [0.15, 0.2) is 24.4 Å². The molecule has 0 spiro atoms. The summed E-state index contributed by atoms with van der Waals surface area (Å²) in [6, 6.07) is 4.80. The maximum absolute atomic E-state index is 12.5. The maximum atomic E-state index is 12.5. The number of nitrogens with zero attached hydrogens (tertiary/aromatic N) is 2. The van der Waals surface area contributed by atoms with E-state index in [1.807, 2.05) is 6.07 Å². The Kier molecular flexibility index (Phi) is 3.01. The number of benzene rings is 1. The number of aromatic nitrogens is 2. The molecule has 0 aliphatic rings. The van der Waals surface area contributed by atoms with Crippen LogP contribution in [0.2, 0.25) is 5.02 Å². The molecule has 0 amide bonds. The van der Waals surface area contributed by atoms with Gasteiger partial charge in [0.1, 0.15) is 6.07 Å². The second-order valence-electron chi connectivity index (χ2n) is 3.46. The fourth-order valence-electron chi connectivity index (χ4n) is 1.47. The maximum Gasteiger partial charge on any atom is 0.416 e. The number of aromatic amines is 1. The van der Waals surface area contributed by atoms with Crippen LogP contribution >= 0.6 is 11.6 Å². The quantitative estimate of drug-likeness (QED) is 0.861. The number of alkyl halides is 3. The van der Waals surface area contributed by atoms with E-state index in [9.17, 15) is 13.2 Å². The van der Waals surface area contributed by atoms with Gasteiger partial charge in [0.2, 0.25) is 0 Å². The molecule has 1 aromatic carbocycles. The van der Waals surface area contributed by atoms with Gasteiger partial charge in [-0.2, -0.15) is 23.5 Å². The molecule has 1 N–H and O–H groups in total. The smallest absolute Gasteiger partial charge is 0.276 e. The van der Waals surface area contributed by atoms with Crippen LogP contribution in [0.5, 0.6) is 0 Å². The highest BCUT2D eigenvalue weighted by Crippen LogP contribution is 2.35. The molecule has 0 radical (unpaired) electrons. The highest BCUT2D eigenvalue weighted by molar-refractivity contribution is 6.33. The van der Waals surface area contributed by atoms with Crippen molar-refractivity contribution in [2.24, 2.45) is 0 Å². The minimum atomic E-state index is -4.45. The van der Waals surface area contributed by atoms with Gasteiger partial charge in [-0.1, -0.05) is 17.7 Å². The molecule has 3 nitrogen and oxygen atoms in total. The van der Waals surface area contributed by atoms with Crippen LogP contribution in [-0.2, 0) is 6.18 Å². The first kappa shape index (κ1) is 12.5. The molecule has 0 unspecified atom stereocenters. The van der Waals surface area contributed by atoms with Crippen molar-refractivity contribution in [2.45, 2.75) is 6.18 Å². The lowest BCUT2D eigenvalue weighted by molar-refractivity contribution is -0.137. The summed E-state index contributed by atoms with van der Waals surface area (Å²) in [5.74, 6) is 0. The summed E-state index contributed by atoms with van der Waals surface area (Å²) >= 11 is 5.80. The van der Waals surface area contributed by atoms with Gasteiger partial charge in [0.05, 0.1) is 28.0 Å². The highest BCUT2D eigenvalue weighted by atomic mass is 35.5. The number of hydrogen-bond donors (Lipinski definition) is 1. The second-order valence-corrected chi connectivity index (χ2v) is 3.87. The van der Waals surface area contributed by atoms with Crippen molar-refractivity contribution >= 4 is 11.6 Å². The minimum absolute atomic E-state index is 0.0921. The molecule has 1 heterocycles. The second kappa shape index (κ2) is 4.35. The van der Waals surface area contributed by atoms with Crippen molar-refractivity contribution in [3.05, 3.63) is 40.5 Å². The summed E-state index contributed by atoms with van der Waals surface area (Å²) < 4.78 is 37.4. The van der Waals surface area contributed by atoms with E-state index in [1.165, 1.54) is 12.3 Å². The van der Waals surface area contributed by atoms with E-state index in [-0.39, 0.29) is 10.6 Å². The fourth-order valence-corrected chi connectivity index (χ4v) is 1.75. The van der Waals surface area contributed by atoms with E-state index in [2.05, 4.69) is 10.2 Å². The fraction of sp³-hybridized carbons (Fsp3) is 0.0909. The third kappa shape index (κ3) is 2.17. The van der Waals surface area contributed by atoms with Crippen molar-refractivity contribution in [1.82, 2.24) is 10.2 Å². The topological polar surface area (TPSA) is 52.5 Å². The molecular formula is C11H5ClF3N3. The first-order chi connectivity index (χ1) is 8.43. The van der Waals surface area contributed by atoms with Crippen molar-refractivity contribution in [2.75, 3.05) is 0 Å². The summed E-state index contributed by atoms with van der Waals surface area (Å²) in [4.78, 5) is 0. The van der Waals surface area contributed by atoms with Gasteiger partial charge in [0, 0.05) is 5.56 Å². The number of nitriles is 1. The van der Waals surface area contributed by atoms with Crippen LogP contribution in [0.1, 0.15) is 11.1 Å². The third-order valence-corrected chi connectivity index (χ3v) is 2.64.